The van der Waals surface area contributed by atoms with E-state index in [0.29, 0.717) is 10.6 Å². The van der Waals surface area contributed by atoms with Crippen LogP contribution in [0.15, 0.2) is 54.7 Å². The molecule has 1 atom stereocenters. The van der Waals surface area contributed by atoms with Crippen LogP contribution in [0.25, 0.3) is 10.9 Å². The van der Waals surface area contributed by atoms with Crippen molar-refractivity contribution in [3.05, 3.63) is 70.9 Å². The molecular weight excluding hydrogens is 364 g/mol. The molecule has 3 amide bonds. The summed E-state index contributed by atoms with van der Waals surface area (Å²) in [6.45, 7) is 1.90. The van der Waals surface area contributed by atoms with Gasteiger partial charge in [-0.15, -0.1) is 0 Å². The fourth-order valence-corrected chi connectivity index (χ4v) is 3.06. The van der Waals surface area contributed by atoms with E-state index in [1.165, 1.54) is 4.90 Å². The molecule has 0 fully saturated rings. The first-order chi connectivity index (χ1) is 12.9. The van der Waals surface area contributed by atoms with Gasteiger partial charge in [-0.1, -0.05) is 41.9 Å². The summed E-state index contributed by atoms with van der Waals surface area (Å²) in [4.78, 5) is 26.4. The van der Waals surface area contributed by atoms with Gasteiger partial charge in [-0.2, -0.15) is 0 Å². The van der Waals surface area contributed by atoms with E-state index in [0.717, 1.165) is 16.5 Å². The SMILES string of the molecule is C[C@@H](c1ccc(Cl)cc1)N(C)C(=O)NNC(=O)c1cn(C)c2ccccc12. The predicted octanol–water partition coefficient (Wildman–Crippen LogP) is 3.88. The molecule has 7 heteroatoms. The Morgan fingerprint density at radius 1 is 1.07 bits per heavy atom. The van der Waals surface area contributed by atoms with Crippen molar-refractivity contribution >= 4 is 34.4 Å². The highest BCUT2D eigenvalue weighted by Gasteiger charge is 2.19. The molecule has 0 bridgehead atoms. The zero-order chi connectivity index (χ0) is 19.6. The summed E-state index contributed by atoms with van der Waals surface area (Å²) in [7, 11) is 3.54. The zero-order valence-electron chi connectivity index (χ0n) is 15.4. The highest BCUT2D eigenvalue weighted by molar-refractivity contribution is 6.30. The van der Waals surface area contributed by atoms with Gasteiger partial charge >= 0.3 is 6.03 Å². The Labute approximate surface area is 162 Å². The number of urea groups is 1. The van der Waals surface area contributed by atoms with Gasteiger partial charge in [-0.05, 0) is 30.7 Å². The first kappa shape index (κ1) is 18.8. The Morgan fingerprint density at radius 2 is 1.74 bits per heavy atom. The number of carbonyl (C=O) groups excluding carboxylic acids is 2. The largest absolute Gasteiger partial charge is 0.350 e. The summed E-state index contributed by atoms with van der Waals surface area (Å²) in [6, 6.07) is 14.3. The minimum absolute atomic E-state index is 0.184. The van der Waals surface area contributed by atoms with Gasteiger partial charge < -0.3 is 9.47 Å². The lowest BCUT2D eigenvalue weighted by Crippen LogP contribution is -2.48. The van der Waals surface area contributed by atoms with E-state index in [9.17, 15) is 9.59 Å². The Balaban J connectivity index is 1.65. The van der Waals surface area contributed by atoms with Gasteiger partial charge in [0.15, 0.2) is 0 Å². The molecule has 1 heterocycles. The van der Waals surface area contributed by atoms with Gasteiger partial charge in [0, 0.05) is 36.2 Å². The average molecular weight is 385 g/mol. The monoisotopic (exact) mass is 384 g/mol. The van der Waals surface area contributed by atoms with Crippen LogP contribution in [-0.2, 0) is 7.05 Å². The van der Waals surface area contributed by atoms with Crippen molar-refractivity contribution in [3.8, 4) is 0 Å². The standard InChI is InChI=1S/C20H21ClN4O2/c1-13(14-8-10-15(21)11-9-14)25(3)20(27)23-22-19(26)17-12-24(2)18-7-5-4-6-16(17)18/h4-13H,1-3H3,(H,22,26)(H,23,27)/t13-/m0/s1. The molecule has 3 rings (SSSR count). The summed E-state index contributed by atoms with van der Waals surface area (Å²) in [5.74, 6) is -0.368. The number of rotatable bonds is 3. The maximum atomic E-state index is 12.5. The Kier molecular flexibility index (Phi) is 5.37. The second kappa shape index (κ2) is 7.72. The maximum absolute atomic E-state index is 12.5. The number of hydrazine groups is 1. The van der Waals surface area contributed by atoms with Crippen molar-refractivity contribution in [1.29, 1.82) is 0 Å². The van der Waals surface area contributed by atoms with E-state index >= 15 is 0 Å². The van der Waals surface area contributed by atoms with Gasteiger partial charge in [0.2, 0.25) is 0 Å². The lowest BCUT2D eigenvalue weighted by molar-refractivity contribution is 0.0930. The van der Waals surface area contributed by atoms with E-state index in [-0.39, 0.29) is 11.9 Å². The summed E-state index contributed by atoms with van der Waals surface area (Å²) in [6.07, 6.45) is 1.74. The van der Waals surface area contributed by atoms with Gasteiger partial charge in [-0.25, -0.2) is 10.2 Å². The lowest BCUT2D eigenvalue weighted by Gasteiger charge is -2.25. The second-order valence-electron chi connectivity index (χ2n) is 6.39. The lowest BCUT2D eigenvalue weighted by atomic mass is 10.1. The summed E-state index contributed by atoms with van der Waals surface area (Å²) in [5.41, 5.74) is 7.35. The first-order valence-electron chi connectivity index (χ1n) is 8.51. The number of hydrogen-bond acceptors (Lipinski definition) is 2. The molecule has 3 aromatic rings. The quantitative estimate of drug-likeness (QED) is 0.673. The average Bonchev–Trinajstić information content (AvgIpc) is 3.02. The minimum Gasteiger partial charge on any atom is -0.350 e. The van der Waals surface area contributed by atoms with Crippen LogP contribution in [0.4, 0.5) is 4.79 Å². The second-order valence-corrected chi connectivity index (χ2v) is 6.83. The summed E-state index contributed by atoms with van der Waals surface area (Å²) in [5, 5.41) is 1.47. The van der Waals surface area contributed by atoms with Gasteiger partial charge in [0.25, 0.3) is 5.91 Å². The van der Waals surface area contributed by atoms with Crippen LogP contribution in [0, 0.1) is 0 Å². The van der Waals surface area contributed by atoms with Crippen LogP contribution >= 0.6 is 11.6 Å². The summed E-state index contributed by atoms with van der Waals surface area (Å²) < 4.78 is 1.88. The molecular formula is C20H21ClN4O2. The number of aromatic nitrogens is 1. The number of nitrogens with zero attached hydrogens (tertiary/aromatic N) is 2. The van der Waals surface area contributed by atoms with Crippen LogP contribution in [0.3, 0.4) is 0 Å². The fraction of sp³-hybridized carbons (Fsp3) is 0.200. The number of fused-ring (bicyclic) bond motifs is 1. The highest BCUT2D eigenvalue weighted by atomic mass is 35.5. The number of nitrogens with one attached hydrogen (secondary N) is 2. The Morgan fingerprint density at radius 3 is 2.44 bits per heavy atom. The van der Waals surface area contributed by atoms with Gasteiger partial charge in [0.05, 0.1) is 11.6 Å². The molecule has 0 spiro atoms. The molecule has 6 nitrogen and oxygen atoms in total. The van der Waals surface area contributed by atoms with Gasteiger partial charge in [-0.3, -0.25) is 10.2 Å². The smallest absolute Gasteiger partial charge is 0.336 e. The van der Waals surface area contributed by atoms with Crippen LogP contribution in [-0.4, -0.2) is 28.5 Å². The molecule has 0 saturated heterocycles. The number of aryl methyl sites for hydroxylation is 1. The van der Waals surface area contributed by atoms with Crippen molar-refractivity contribution in [2.75, 3.05) is 7.05 Å². The molecule has 2 aromatic carbocycles. The number of amides is 3. The van der Waals surface area contributed by atoms with Crippen molar-refractivity contribution < 1.29 is 9.59 Å². The molecule has 1 aromatic heterocycles. The molecule has 0 aliphatic rings. The van der Waals surface area contributed by atoms with Crippen LogP contribution in [0.2, 0.25) is 5.02 Å². The molecule has 0 aliphatic carbocycles. The van der Waals surface area contributed by atoms with Gasteiger partial charge in [0.1, 0.15) is 0 Å². The van der Waals surface area contributed by atoms with E-state index in [2.05, 4.69) is 10.9 Å². The molecule has 140 valence electrons. The summed E-state index contributed by atoms with van der Waals surface area (Å²) >= 11 is 5.90. The topological polar surface area (TPSA) is 66.4 Å². The Bertz CT molecular complexity index is 981. The number of halogens is 1. The van der Waals surface area contributed by atoms with Crippen molar-refractivity contribution in [2.24, 2.45) is 7.05 Å². The molecule has 0 radical (unpaired) electrons. The van der Waals surface area contributed by atoms with E-state index in [4.69, 9.17) is 11.6 Å². The van der Waals surface area contributed by atoms with E-state index < -0.39 is 6.03 Å². The molecule has 0 aliphatic heterocycles. The third-order valence-electron chi connectivity index (χ3n) is 4.68. The third-order valence-corrected chi connectivity index (χ3v) is 4.93. The Hall–Kier alpha value is -2.99. The number of hydrogen-bond donors (Lipinski definition) is 2. The van der Waals surface area contributed by atoms with E-state index in [1.807, 2.05) is 54.9 Å². The number of para-hydroxylation sites is 1. The fourth-order valence-electron chi connectivity index (χ4n) is 2.93. The normalized spacial score (nSPS) is 11.9. The molecule has 0 saturated carbocycles. The van der Waals surface area contributed by atoms with E-state index in [1.54, 1.807) is 25.4 Å². The number of benzene rings is 2. The highest BCUT2D eigenvalue weighted by Crippen LogP contribution is 2.21. The molecule has 27 heavy (non-hydrogen) atoms. The first-order valence-corrected chi connectivity index (χ1v) is 8.89. The van der Waals surface area contributed by atoms with Crippen molar-refractivity contribution in [2.45, 2.75) is 13.0 Å². The minimum atomic E-state index is -0.411. The zero-order valence-corrected chi connectivity index (χ0v) is 16.1. The number of carbonyl (C=O) groups is 2. The maximum Gasteiger partial charge on any atom is 0.336 e. The predicted molar refractivity (Wildman–Crippen MR) is 107 cm³/mol. The molecule has 0 unspecified atom stereocenters. The van der Waals surface area contributed by atoms with Crippen molar-refractivity contribution in [3.63, 3.8) is 0 Å². The van der Waals surface area contributed by atoms with Crippen LogP contribution in [0.5, 0.6) is 0 Å². The van der Waals surface area contributed by atoms with Crippen LogP contribution in [0.1, 0.15) is 28.9 Å². The van der Waals surface area contributed by atoms with Crippen molar-refractivity contribution in [1.82, 2.24) is 20.3 Å². The molecule has 2 N–H and O–H groups in total. The third kappa shape index (κ3) is 3.90. The van der Waals surface area contributed by atoms with Crippen LogP contribution < -0.4 is 10.9 Å².